The third-order valence-electron chi connectivity index (χ3n) is 2.77. The Kier molecular flexibility index (Phi) is 2.89. The molecule has 0 aromatic carbocycles. The number of carbonyl (C=O) groups excluding carboxylic acids is 1. The molecule has 82 valence electrons. The Hall–Kier alpha value is -1.52. The lowest BCUT2D eigenvalue weighted by atomic mass is 9.93. The Balaban J connectivity index is 1.73. The molecule has 1 aliphatic rings. The van der Waals surface area contributed by atoms with Crippen LogP contribution in [0.3, 0.4) is 0 Å². The largest absolute Gasteiger partial charge is 0.337 e. The van der Waals surface area contributed by atoms with Gasteiger partial charge in [0.15, 0.2) is 0 Å². The zero-order valence-corrected chi connectivity index (χ0v) is 8.86. The normalized spacial score (nSPS) is 15.8. The van der Waals surface area contributed by atoms with Gasteiger partial charge in [-0.1, -0.05) is 0 Å². The van der Waals surface area contributed by atoms with Crippen LogP contribution in [0.2, 0.25) is 0 Å². The van der Waals surface area contributed by atoms with Crippen molar-refractivity contribution in [2.75, 3.05) is 0 Å². The van der Waals surface area contributed by atoms with Crippen LogP contribution in [0, 0.1) is 0 Å². The molecule has 1 aromatic heterocycles. The highest BCUT2D eigenvalue weighted by Gasteiger charge is 2.19. The molecule has 2 amide bonds. The first kappa shape index (κ1) is 10.0. The lowest BCUT2D eigenvalue weighted by molar-refractivity contribution is 0.227. The summed E-state index contributed by atoms with van der Waals surface area (Å²) < 4.78 is 1.89. The lowest BCUT2D eigenvalue weighted by Crippen LogP contribution is -2.45. The number of urea groups is 1. The number of aryl methyl sites for hydroxylation is 1. The fourth-order valence-corrected chi connectivity index (χ4v) is 1.52. The van der Waals surface area contributed by atoms with Gasteiger partial charge in [0.2, 0.25) is 0 Å². The monoisotopic (exact) mass is 208 g/mol. The third-order valence-corrected chi connectivity index (χ3v) is 2.77. The minimum absolute atomic E-state index is 0.0947. The van der Waals surface area contributed by atoms with E-state index in [1.165, 1.54) is 6.42 Å². The van der Waals surface area contributed by atoms with E-state index in [9.17, 15) is 4.79 Å². The molecule has 0 radical (unpaired) electrons. The van der Waals surface area contributed by atoms with Crippen molar-refractivity contribution in [1.29, 1.82) is 0 Å². The van der Waals surface area contributed by atoms with Gasteiger partial charge >= 0.3 is 6.03 Å². The van der Waals surface area contributed by atoms with Crippen molar-refractivity contribution >= 4 is 6.03 Å². The average Bonchev–Trinajstić information content (AvgIpc) is 2.55. The fraction of sp³-hybridized carbons (Fsp3) is 0.600. The van der Waals surface area contributed by atoms with E-state index in [-0.39, 0.29) is 6.03 Å². The van der Waals surface area contributed by atoms with E-state index in [0.29, 0.717) is 12.6 Å². The number of imidazole rings is 1. The minimum atomic E-state index is -0.0947. The number of rotatable bonds is 3. The van der Waals surface area contributed by atoms with Gasteiger partial charge in [0, 0.05) is 25.5 Å². The Morgan fingerprint density at radius 1 is 1.67 bits per heavy atom. The van der Waals surface area contributed by atoms with E-state index in [4.69, 9.17) is 0 Å². The third kappa shape index (κ3) is 2.49. The van der Waals surface area contributed by atoms with Gasteiger partial charge in [-0.25, -0.2) is 9.78 Å². The topological polar surface area (TPSA) is 59.0 Å². The number of hydrogen-bond acceptors (Lipinski definition) is 2. The molecular formula is C10H16N4O. The van der Waals surface area contributed by atoms with Gasteiger partial charge in [-0.15, -0.1) is 0 Å². The van der Waals surface area contributed by atoms with Crippen molar-refractivity contribution < 1.29 is 4.79 Å². The summed E-state index contributed by atoms with van der Waals surface area (Å²) >= 11 is 0. The van der Waals surface area contributed by atoms with Crippen LogP contribution in [0.25, 0.3) is 0 Å². The van der Waals surface area contributed by atoms with Crippen molar-refractivity contribution in [3.63, 3.8) is 0 Å². The number of carbonyl (C=O) groups is 1. The number of amides is 2. The molecule has 0 spiro atoms. The molecular weight excluding hydrogens is 192 g/mol. The first-order valence-electron chi connectivity index (χ1n) is 5.26. The van der Waals surface area contributed by atoms with E-state index in [0.717, 1.165) is 18.7 Å². The number of nitrogens with one attached hydrogen (secondary N) is 2. The quantitative estimate of drug-likeness (QED) is 0.771. The van der Waals surface area contributed by atoms with Crippen LogP contribution < -0.4 is 10.6 Å². The predicted octanol–water partition coefficient (Wildman–Crippen LogP) is 0.772. The summed E-state index contributed by atoms with van der Waals surface area (Å²) in [5, 5.41) is 5.70. The van der Waals surface area contributed by atoms with Crippen molar-refractivity contribution in [2.24, 2.45) is 7.05 Å². The molecule has 15 heavy (non-hydrogen) atoms. The molecule has 1 aliphatic carbocycles. The Morgan fingerprint density at radius 3 is 3.00 bits per heavy atom. The summed E-state index contributed by atoms with van der Waals surface area (Å²) in [5.41, 5.74) is 0. The zero-order valence-electron chi connectivity index (χ0n) is 8.86. The average molecular weight is 208 g/mol. The molecule has 0 unspecified atom stereocenters. The lowest BCUT2D eigenvalue weighted by Gasteiger charge is -2.26. The van der Waals surface area contributed by atoms with Gasteiger partial charge in [0.05, 0.1) is 6.54 Å². The van der Waals surface area contributed by atoms with Crippen LogP contribution in [0.1, 0.15) is 25.1 Å². The molecule has 1 fully saturated rings. The second-order valence-electron chi connectivity index (χ2n) is 3.91. The minimum Gasteiger partial charge on any atom is -0.337 e. The van der Waals surface area contributed by atoms with Crippen LogP contribution >= 0.6 is 0 Å². The first-order valence-corrected chi connectivity index (χ1v) is 5.26. The molecule has 5 heteroatoms. The molecule has 2 rings (SSSR count). The smallest absolute Gasteiger partial charge is 0.315 e. The van der Waals surface area contributed by atoms with Crippen molar-refractivity contribution in [3.05, 3.63) is 18.2 Å². The van der Waals surface area contributed by atoms with Gasteiger partial charge < -0.3 is 15.2 Å². The maximum absolute atomic E-state index is 11.4. The van der Waals surface area contributed by atoms with Crippen LogP contribution in [0.15, 0.2) is 12.4 Å². The first-order chi connectivity index (χ1) is 7.25. The Morgan fingerprint density at radius 2 is 2.47 bits per heavy atom. The van der Waals surface area contributed by atoms with E-state index < -0.39 is 0 Å². The van der Waals surface area contributed by atoms with Gasteiger partial charge in [-0.2, -0.15) is 0 Å². The summed E-state index contributed by atoms with van der Waals surface area (Å²) in [4.78, 5) is 15.5. The SMILES string of the molecule is Cn1ccnc1CNC(=O)NC1CCC1. The van der Waals surface area contributed by atoms with E-state index >= 15 is 0 Å². The van der Waals surface area contributed by atoms with E-state index in [1.54, 1.807) is 6.20 Å². The Bertz CT molecular complexity index is 343. The molecule has 0 atom stereocenters. The predicted molar refractivity (Wildman–Crippen MR) is 56.2 cm³/mol. The van der Waals surface area contributed by atoms with Crippen LogP contribution in [-0.4, -0.2) is 21.6 Å². The molecule has 2 N–H and O–H groups in total. The van der Waals surface area contributed by atoms with Crippen molar-refractivity contribution in [2.45, 2.75) is 31.8 Å². The summed E-state index contributed by atoms with van der Waals surface area (Å²) in [6, 6.07) is 0.286. The van der Waals surface area contributed by atoms with Crippen molar-refractivity contribution in [3.8, 4) is 0 Å². The molecule has 0 saturated heterocycles. The summed E-state index contributed by atoms with van der Waals surface area (Å²) in [7, 11) is 1.91. The maximum Gasteiger partial charge on any atom is 0.315 e. The summed E-state index contributed by atoms with van der Waals surface area (Å²) in [6.45, 7) is 0.474. The highest BCUT2D eigenvalue weighted by atomic mass is 16.2. The molecule has 0 aliphatic heterocycles. The van der Waals surface area contributed by atoms with Crippen LogP contribution in [-0.2, 0) is 13.6 Å². The van der Waals surface area contributed by atoms with E-state index in [1.807, 2.05) is 17.8 Å². The van der Waals surface area contributed by atoms with Crippen LogP contribution in [0.4, 0.5) is 4.79 Å². The number of nitrogens with zero attached hydrogens (tertiary/aromatic N) is 2. The molecule has 0 bridgehead atoms. The standard InChI is InChI=1S/C10H16N4O/c1-14-6-5-11-9(14)7-12-10(15)13-8-3-2-4-8/h5-6,8H,2-4,7H2,1H3,(H2,12,13,15). The molecule has 1 aromatic rings. The van der Waals surface area contributed by atoms with Gasteiger partial charge in [-0.3, -0.25) is 0 Å². The summed E-state index contributed by atoms with van der Waals surface area (Å²) in [5.74, 6) is 0.860. The highest BCUT2D eigenvalue weighted by Crippen LogP contribution is 2.17. The second kappa shape index (κ2) is 4.33. The van der Waals surface area contributed by atoms with E-state index in [2.05, 4.69) is 15.6 Å². The van der Waals surface area contributed by atoms with Crippen molar-refractivity contribution in [1.82, 2.24) is 20.2 Å². The van der Waals surface area contributed by atoms with Gasteiger partial charge in [0.1, 0.15) is 5.82 Å². The zero-order chi connectivity index (χ0) is 10.7. The molecule has 1 heterocycles. The van der Waals surface area contributed by atoms with Gasteiger partial charge in [0.25, 0.3) is 0 Å². The second-order valence-corrected chi connectivity index (χ2v) is 3.91. The number of hydrogen-bond donors (Lipinski definition) is 2. The molecule has 1 saturated carbocycles. The summed E-state index contributed by atoms with van der Waals surface area (Å²) in [6.07, 6.45) is 7.03. The number of aromatic nitrogens is 2. The van der Waals surface area contributed by atoms with Gasteiger partial charge in [-0.05, 0) is 19.3 Å². The maximum atomic E-state index is 11.4. The fourth-order valence-electron chi connectivity index (χ4n) is 1.52. The highest BCUT2D eigenvalue weighted by molar-refractivity contribution is 5.74. The van der Waals surface area contributed by atoms with Crippen LogP contribution in [0.5, 0.6) is 0 Å². The molecule has 5 nitrogen and oxygen atoms in total. The Labute approximate surface area is 88.9 Å².